The molecule has 2 heterocycles. The van der Waals surface area contributed by atoms with Crippen molar-refractivity contribution in [3.05, 3.63) is 34.9 Å². The van der Waals surface area contributed by atoms with Crippen molar-refractivity contribution in [2.45, 2.75) is 39.2 Å². The van der Waals surface area contributed by atoms with Crippen molar-refractivity contribution >= 4 is 34.3 Å². The molecule has 0 amide bonds. The molecule has 1 aromatic heterocycles. The van der Waals surface area contributed by atoms with E-state index in [4.69, 9.17) is 11.6 Å². The number of fused-ring (bicyclic) bond motifs is 1. The molecule has 25 heavy (non-hydrogen) atoms. The quantitative estimate of drug-likeness (QED) is 0.868. The second kappa shape index (κ2) is 6.81. The average Bonchev–Trinajstić information content (AvgIpc) is 2.57. The van der Waals surface area contributed by atoms with Crippen LogP contribution in [0, 0.1) is 12.3 Å². The molecule has 0 saturated carbocycles. The van der Waals surface area contributed by atoms with Crippen LogP contribution in [0.3, 0.4) is 0 Å². The number of hydrogen-bond donors (Lipinski definition) is 2. The molecule has 2 atom stereocenters. The van der Waals surface area contributed by atoms with Gasteiger partial charge in [-0.25, -0.2) is 4.98 Å². The van der Waals surface area contributed by atoms with Crippen LogP contribution in [0.15, 0.2) is 24.3 Å². The molecule has 2 aromatic rings. The third-order valence-corrected chi connectivity index (χ3v) is 5.50. The van der Waals surface area contributed by atoms with Gasteiger partial charge in [-0.1, -0.05) is 24.9 Å². The van der Waals surface area contributed by atoms with Gasteiger partial charge < -0.3 is 15.1 Å². The van der Waals surface area contributed by atoms with Crippen molar-refractivity contribution in [3.8, 4) is 0 Å². The van der Waals surface area contributed by atoms with E-state index in [1.165, 1.54) is 0 Å². The summed E-state index contributed by atoms with van der Waals surface area (Å²) in [4.78, 5) is 18.4. The van der Waals surface area contributed by atoms with Crippen LogP contribution in [-0.4, -0.2) is 40.4 Å². The molecule has 0 unspecified atom stereocenters. The molecule has 0 aliphatic carbocycles. The van der Waals surface area contributed by atoms with Gasteiger partial charge in [0, 0.05) is 23.5 Å². The molecule has 1 saturated heterocycles. The molecule has 2 N–H and O–H groups in total. The number of aliphatic carboxylic acids is 1. The van der Waals surface area contributed by atoms with Crippen LogP contribution in [0.1, 0.15) is 31.7 Å². The van der Waals surface area contributed by atoms with Gasteiger partial charge in [0.05, 0.1) is 17.0 Å². The molecule has 134 valence electrons. The number of aliphatic hydroxyl groups excluding tert-OH is 1. The number of hydrogen-bond acceptors (Lipinski definition) is 4. The fourth-order valence-electron chi connectivity index (χ4n) is 3.79. The summed E-state index contributed by atoms with van der Waals surface area (Å²) in [5, 5.41) is 21.9. The number of aliphatic hydroxyl groups is 1. The number of piperidine rings is 1. The Morgan fingerprint density at radius 1 is 1.44 bits per heavy atom. The number of halogens is 1. The summed E-state index contributed by atoms with van der Waals surface area (Å²) < 4.78 is 0. The SMILES string of the molecule is CCC[C@]1(C(=O)O)CCN(c2cc(C)c3cc(Cl)ccc3n2)C[C@@H]1O. The topological polar surface area (TPSA) is 73.7 Å². The number of rotatable bonds is 4. The third-order valence-electron chi connectivity index (χ3n) is 5.27. The number of carboxylic acid groups (broad SMARTS) is 1. The lowest BCUT2D eigenvalue weighted by Crippen LogP contribution is -2.55. The van der Waals surface area contributed by atoms with E-state index < -0.39 is 17.5 Å². The lowest BCUT2D eigenvalue weighted by atomic mass is 9.73. The maximum atomic E-state index is 11.8. The summed E-state index contributed by atoms with van der Waals surface area (Å²) in [6.07, 6.45) is 0.718. The Bertz CT molecular complexity index is 811. The van der Waals surface area contributed by atoms with Crippen LogP contribution in [-0.2, 0) is 4.79 Å². The Balaban J connectivity index is 1.91. The minimum atomic E-state index is -1.05. The Labute approximate surface area is 152 Å². The molecule has 0 radical (unpaired) electrons. The monoisotopic (exact) mass is 362 g/mol. The van der Waals surface area contributed by atoms with Gasteiger partial charge in [-0.15, -0.1) is 0 Å². The molecule has 0 spiro atoms. The summed E-state index contributed by atoms with van der Waals surface area (Å²) in [6, 6.07) is 7.55. The second-order valence-corrected chi connectivity index (χ2v) is 7.32. The van der Waals surface area contributed by atoms with Crippen molar-refractivity contribution in [1.82, 2.24) is 4.98 Å². The lowest BCUT2D eigenvalue weighted by Gasteiger charge is -2.43. The highest BCUT2D eigenvalue weighted by Crippen LogP contribution is 2.38. The van der Waals surface area contributed by atoms with Crippen LogP contribution in [0.25, 0.3) is 10.9 Å². The van der Waals surface area contributed by atoms with E-state index in [2.05, 4.69) is 4.98 Å². The van der Waals surface area contributed by atoms with Crippen LogP contribution >= 0.6 is 11.6 Å². The largest absolute Gasteiger partial charge is 0.481 e. The van der Waals surface area contributed by atoms with Gasteiger partial charge in [-0.3, -0.25) is 4.79 Å². The van der Waals surface area contributed by atoms with Crippen molar-refractivity contribution in [2.75, 3.05) is 18.0 Å². The lowest BCUT2D eigenvalue weighted by molar-refractivity contribution is -0.159. The summed E-state index contributed by atoms with van der Waals surface area (Å²) >= 11 is 6.06. The van der Waals surface area contributed by atoms with Gasteiger partial charge in [0.2, 0.25) is 0 Å². The first-order chi connectivity index (χ1) is 11.9. The fraction of sp³-hybridized carbons (Fsp3) is 0.474. The number of aryl methyl sites for hydroxylation is 1. The molecule has 3 rings (SSSR count). The Morgan fingerprint density at radius 2 is 2.20 bits per heavy atom. The van der Waals surface area contributed by atoms with Gasteiger partial charge in [-0.05, 0) is 49.6 Å². The molecule has 1 aromatic carbocycles. The first-order valence-electron chi connectivity index (χ1n) is 8.60. The second-order valence-electron chi connectivity index (χ2n) is 6.88. The smallest absolute Gasteiger partial charge is 0.312 e. The van der Waals surface area contributed by atoms with E-state index in [-0.39, 0.29) is 6.54 Å². The van der Waals surface area contributed by atoms with Gasteiger partial charge in [0.25, 0.3) is 0 Å². The molecular weight excluding hydrogens is 340 g/mol. The number of benzene rings is 1. The number of anilines is 1. The number of aromatic nitrogens is 1. The number of carboxylic acids is 1. The minimum absolute atomic E-state index is 0.276. The summed E-state index contributed by atoms with van der Waals surface area (Å²) in [7, 11) is 0. The van der Waals surface area contributed by atoms with Crippen LogP contribution in [0.4, 0.5) is 5.82 Å². The highest BCUT2D eigenvalue weighted by atomic mass is 35.5. The van der Waals surface area contributed by atoms with Gasteiger partial charge in [0.1, 0.15) is 5.82 Å². The maximum absolute atomic E-state index is 11.8. The molecule has 6 heteroatoms. The highest BCUT2D eigenvalue weighted by molar-refractivity contribution is 6.31. The maximum Gasteiger partial charge on any atom is 0.312 e. The predicted molar refractivity (Wildman–Crippen MR) is 99.3 cm³/mol. The Morgan fingerprint density at radius 3 is 2.84 bits per heavy atom. The molecule has 0 bridgehead atoms. The average molecular weight is 363 g/mol. The van der Waals surface area contributed by atoms with E-state index in [9.17, 15) is 15.0 Å². The summed E-state index contributed by atoms with van der Waals surface area (Å²) in [5.74, 6) is -0.138. The zero-order valence-corrected chi connectivity index (χ0v) is 15.3. The zero-order valence-electron chi connectivity index (χ0n) is 14.5. The number of carbonyl (C=O) groups is 1. The number of pyridine rings is 1. The van der Waals surface area contributed by atoms with Crippen molar-refractivity contribution in [3.63, 3.8) is 0 Å². The minimum Gasteiger partial charge on any atom is -0.481 e. The Hall–Kier alpha value is -1.85. The number of β-amino-alcohol motifs (C(OH)–C–C–N with tert-alkyl or cyclic N) is 1. The Kier molecular flexibility index (Phi) is 4.89. The molecule has 1 aliphatic rings. The summed E-state index contributed by atoms with van der Waals surface area (Å²) in [6.45, 7) is 4.79. The molecular formula is C19H23ClN2O3. The van der Waals surface area contributed by atoms with Gasteiger partial charge in [0.15, 0.2) is 0 Å². The van der Waals surface area contributed by atoms with Crippen molar-refractivity contribution in [2.24, 2.45) is 5.41 Å². The van der Waals surface area contributed by atoms with E-state index in [0.29, 0.717) is 24.4 Å². The van der Waals surface area contributed by atoms with Gasteiger partial charge in [-0.2, -0.15) is 0 Å². The standard InChI is InChI=1S/C19H23ClN2O3/c1-3-6-19(18(24)25)7-8-22(11-16(19)23)17-9-12(2)14-10-13(20)4-5-15(14)21-17/h4-5,9-10,16,23H,3,6-8,11H2,1-2H3,(H,24,25)/t16-,19-/m0/s1. The first-order valence-corrected chi connectivity index (χ1v) is 8.98. The van der Waals surface area contributed by atoms with E-state index in [1.54, 1.807) is 0 Å². The van der Waals surface area contributed by atoms with E-state index in [0.717, 1.165) is 28.7 Å². The van der Waals surface area contributed by atoms with Crippen LogP contribution < -0.4 is 4.90 Å². The summed E-state index contributed by atoms with van der Waals surface area (Å²) in [5.41, 5.74) is 0.850. The molecule has 5 nitrogen and oxygen atoms in total. The number of nitrogens with zero attached hydrogens (tertiary/aromatic N) is 2. The zero-order chi connectivity index (χ0) is 18.2. The highest BCUT2D eigenvalue weighted by Gasteiger charge is 2.48. The van der Waals surface area contributed by atoms with Crippen molar-refractivity contribution in [1.29, 1.82) is 0 Å². The normalized spacial score (nSPS) is 23.8. The molecule has 1 fully saturated rings. The van der Waals surface area contributed by atoms with Crippen molar-refractivity contribution < 1.29 is 15.0 Å². The fourth-order valence-corrected chi connectivity index (χ4v) is 3.96. The third kappa shape index (κ3) is 3.18. The van der Waals surface area contributed by atoms with E-state index in [1.807, 2.05) is 43.0 Å². The molecule has 1 aliphatic heterocycles. The van der Waals surface area contributed by atoms with Crippen LogP contribution in [0.2, 0.25) is 5.02 Å². The predicted octanol–water partition coefficient (Wildman–Crippen LogP) is 3.64. The van der Waals surface area contributed by atoms with Crippen LogP contribution in [0.5, 0.6) is 0 Å². The first kappa shape index (κ1) is 18.0. The van der Waals surface area contributed by atoms with E-state index >= 15 is 0 Å². The van der Waals surface area contributed by atoms with Gasteiger partial charge >= 0.3 is 5.97 Å².